The molecule has 5 nitrogen and oxygen atoms in total. The molecule has 0 radical (unpaired) electrons. The molecular weight excluding hydrogens is 584 g/mol. The summed E-state index contributed by atoms with van der Waals surface area (Å²) in [6, 6.07) is 6.47. The van der Waals surface area contributed by atoms with Gasteiger partial charge in [0.15, 0.2) is 0 Å². The van der Waals surface area contributed by atoms with Gasteiger partial charge in [0.05, 0.1) is 10.8 Å². The predicted octanol–water partition coefficient (Wildman–Crippen LogP) is 8.85. The number of anilines is 1. The van der Waals surface area contributed by atoms with Crippen LogP contribution >= 0.6 is 57.5 Å². The van der Waals surface area contributed by atoms with Gasteiger partial charge in [-0.15, -0.1) is 22.7 Å². The van der Waals surface area contributed by atoms with Crippen LogP contribution in [0, 0.1) is 5.82 Å². The van der Waals surface area contributed by atoms with Crippen LogP contribution in [0.3, 0.4) is 0 Å². The largest absolute Gasteiger partial charge is 0.365 e. The van der Waals surface area contributed by atoms with Crippen LogP contribution in [0.4, 0.5) is 10.2 Å². The maximum atomic E-state index is 13.0. The fourth-order valence-electron chi connectivity index (χ4n) is 5.14. The molecule has 4 aromatic heterocycles. The van der Waals surface area contributed by atoms with Gasteiger partial charge in [-0.25, -0.2) is 24.3 Å². The first-order valence-electron chi connectivity index (χ1n) is 12.6. The molecule has 0 aliphatic heterocycles. The van der Waals surface area contributed by atoms with Crippen molar-refractivity contribution in [2.75, 3.05) is 5.32 Å². The monoisotopic (exact) mass is 605 g/mol. The van der Waals surface area contributed by atoms with E-state index < -0.39 is 0 Å². The molecule has 4 heterocycles. The maximum Gasteiger partial charge on any atom is 0.225 e. The van der Waals surface area contributed by atoms with Crippen molar-refractivity contribution in [1.29, 1.82) is 0 Å². The molecule has 0 saturated heterocycles. The SMILES string of the molecule is Clc1nc(Cl)c2c3c(sc2n1)CCCC3.Fc1ccc(CNc2nc(Cl)nc3sc4c(c23)CCCC4)cc1. The average molecular weight is 607 g/mol. The second-order valence-corrected chi connectivity index (χ2v) is 12.6. The zero-order valence-corrected chi connectivity index (χ0v) is 24.2. The molecule has 11 heteroatoms. The highest BCUT2D eigenvalue weighted by atomic mass is 35.5. The molecule has 0 spiro atoms. The third kappa shape index (κ3) is 5.34. The molecule has 1 aromatic carbocycles. The van der Waals surface area contributed by atoms with Crippen LogP contribution in [0.15, 0.2) is 24.3 Å². The lowest BCUT2D eigenvalue weighted by atomic mass is 9.97. The Morgan fingerprint density at radius 1 is 0.711 bits per heavy atom. The van der Waals surface area contributed by atoms with Gasteiger partial charge < -0.3 is 5.32 Å². The molecule has 5 aromatic rings. The van der Waals surface area contributed by atoms with E-state index >= 15 is 0 Å². The highest BCUT2D eigenvalue weighted by Gasteiger charge is 2.21. The van der Waals surface area contributed by atoms with Crippen molar-refractivity contribution in [3.63, 3.8) is 0 Å². The first-order chi connectivity index (χ1) is 18.5. The molecule has 2 aliphatic carbocycles. The molecule has 2 aliphatic rings. The Labute approximate surface area is 242 Å². The number of thiophene rings is 2. The second-order valence-electron chi connectivity index (χ2n) is 9.39. The minimum Gasteiger partial charge on any atom is -0.365 e. The fraction of sp³-hybridized carbons (Fsp3) is 0.333. The smallest absolute Gasteiger partial charge is 0.225 e. The topological polar surface area (TPSA) is 63.6 Å². The molecule has 0 fully saturated rings. The van der Waals surface area contributed by atoms with E-state index in [1.807, 2.05) is 0 Å². The number of benzene rings is 1. The Morgan fingerprint density at radius 3 is 1.92 bits per heavy atom. The number of rotatable bonds is 3. The van der Waals surface area contributed by atoms with Crippen LogP contribution < -0.4 is 5.32 Å². The standard InChI is InChI=1S/C17H15ClFN3S.C10H8Cl2N2S/c18-17-21-15(20-9-10-5-7-11(19)8-6-10)14-12-3-1-2-4-13(12)23-16(14)22-17;11-8-7-5-3-1-2-4-6(5)15-9(7)14-10(12)13-8/h5-8H,1-4,9H2,(H,20,21,22);1-4H2. The minimum absolute atomic E-state index is 0.229. The third-order valence-corrected chi connectivity index (χ3v) is 9.89. The van der Waals surface area contributed by atoms with Crippen molar-refractivity contribution >= 4 is 83.7 Å². The van der Waals surface area contributed by atoms with E-state index in [-0.39, 0.29) is 16.4 Å². The zero-order valence-electron chi connectivity index (χ0n) is 20.3. The van der Waals surface area contributed by atoms with Gasteiger partial charge >= 0.3 is 0 Å². The summed E-state index contributed by atoms with van der Waals surface area (Å²) in [5, 5.41) is 6.49. The number of hydrogen-bond donors (Lipinski definition) is 1. The molecule has 1 N–H and O–H groups in total. The van der Waals surface area contributed by atoms with Crippen LogP contribution in [0.2, 0.25) is 15.7 Å². The van der Waals surface area contributed by atoms with Crippen LogP contribution in [0.1, 0.15) is 52.1 Å². The van der Waals surface area contributed by atoms with Gasteiger partial charge in [0, 0.05) is 16.3 Å². The molecule has 0 unspecified atom stereocenters. The quantitative estimate of drug-likeness (QED) is 0.164. The number of aryl methyl sites for hydroxylation is 4. The molecular formula is C27H23Cl3FN5S2. The van der Waals surface area contributed by atoms with Crippen molar-refractivity contribution in [3.8, 4) is 0 Å². The molecule has 0 saturated carbocycles. The highest BCUT2D eigenvalue weighted by molar-refractivity contribution is 7.19. The van der Waals surface area contributed by atoms with Gasteiger partial charge in [-0.3, -0.25) is 0 Å². The second kappa shape index (κ2) is 11.2. The number of nitrogens with one attached hydrogen (secondary N) is 1. The van der Waals surface area contributed by atoms with Gasteiger partial charge in [0.2, 0.25) is 10.6 Å². The lowest BCUT2D eigenvalue weighted by Crippen LogP contribution is -2.05. The third-order valence-electron chi connectivity index (χ3n) is 6.90. The summed E-state index contributed by atoms with van der Waals surface area (Å²) in [4.78, 5) is 21.7. The fourth-order valence-corrected chi connectivity index (χ4v) is 8.48. The Morgan fingerprint density at radius 2 is 1.26 bits per heavy atom. The summed E-state index contributed by atoms with van der Waals surface area (Å²) >= 11 is 21.4. The van der Waals surface area contributed by atoms with Gasteiger partial charge in [-0.05, 0) is 103 Å². The Kier molecular flexibility index (Phi) is 7.69. The van der Waals surface area contributed by atoms with E-state index in [0.29, 0.717) is 11.7 Å². The first kappa shape index (κ1) is 26.1. The number of aromatic nitrogens is 4. The van der Waals surface area contributed by atoms with Gasteiger partial charge in [0.1, 0.15) is 26.4 Å². The van der Waals surface area contributed by atoms with E-state index in [2.05, 4.69) is 25.3 Å². The highest BCUT2D eigenvalue weighted by Crippen LogP contribution is 2.40. The lowest BCUT2D eigenvalue weighted by Gasteiger charge is -2.12. The number of fused-ring (bicyclic) bond motifs is 6. The molecule has 196 valence electrons. The summed E-state index contributed by atoms with van der Waals surface area (Å²) in [5.74, 6) is 0.553. The molecule has 0 amide bonds. The average Bonchev–Trinajstić information content (AvgIpc) is 3.46. The summed E-state index contributed by atoms with van der Waals surface area (Å²) in [6.07, 6.45) is 9.37. The summed E-state index contributed by atoms with van der Waals surface area (Å²) < 4.78 is 13.0. The van der Waals surface area contributed by atoms with Crippen molar-refractivity contribution in [1.82, 2.24) is 19.9 Å². The van der Waals surface area contributed by atoms with Crippen LogP contribution in [-0.4, -0.2) is 19.9 Å². The maximum absolute atomic E-state index is 13.0. The van der Waals surface area contributed by atoms with Gasteiger partial charge in [-0.2, -0.15) is 0 Å². The van der Waals surface area contributed by atoms with E-state index in [1.54, 1.807) is 34.8 Å². The Bertz CT molecular complexity index is 1630. The normalized spacial score (nSPS) is 14.6. The first-order valence-corrected chi connectivity index (χ1v) is 15.3. The number of nitrogens with zero attached hydrogens (tertiary/aromatic N) is 4. The molecule has 38 heavy (non-hydrogen) atoms. The molecule has 0 bridgehead atoms. The van der Waals surface area contributed by atoms with Crippen LogP contribution in [-0.2, 0) is 32.2 Å². The zero-order chi connectivity index (χ0) is 26.2. The van der Waals surface area contributed by atoms with E-state index in [1.165, 1.54) is 58.7 Å². The van der Waals surface area contributed by atoms with E-state index in [0.717, 1.165) is 57.5 Å². The number of hydrogen-bond acceptors (Lipinski definition) is 7. The van der Waals surface area contributed by atoms with Crippen LogP contribution in [0.25, 0.3) is 20.4 Å². The lowest BCUT2D eigenvalue weighted by molar-refractivity contribution is 0.627. The van der Waals surface area contributed by atoms with Crippen molar-refractivity contribution < 1.29 is 4.39 Å². The minimum atomic E-state index is -0.229. The summed E-state index contributed by atoms with van der Waals surface area (Å²) in [6.45, 7) is 0.577. The Hall–Kier alpha value is -2.10. The summed E-state index contributed by atoms with van der Waals surface area (Å²) in [7, 11) is 0. The Balaban J connectivity index is 0.000000152. The van der Waals surface area contributed by atoms with Gasteiger partial charge in [0.25, 0.3) is 0 Å². The molecule has 7 rings (SSSR count). The van der Waals surface area contributed by atoms with Crippen molar-refractivity contribution in [2.24, 2.45) is 0 Å². The van der Waals surface area contributed by atoms with Gasteiger partial charge in [-0.1, -0.05) is 23.7 Å². The van der Waals surface area contributed by atoms with Crippen molar-refractivity contribution in [2.45, 2.75) is 57.9 Å². The predicted molar refractivity (Wildman–Crippen MR) is 157 cm³/mol. The van der Waals surface area contributed by atoms with Crippen molar-refractivity contribution in [3.05, 3.63) is 72.2 Å². The van der Waals surface area contributed by atoms with E-state index in [9.17, 15) is 4.39 Å². The molecule has 0 atom stereocenters. The van der Waals surface area contributed by atoms with Crippen LogP contribution in [0.5, 0.6) is 0 Å². The number of halogens is 4. The summed E-state index contributed by atoms with van der Waals surface area (Å²) in [5.41, 5.74) is 3.72. The van der Waals surface area contributed by atoms with E-state index in [4.69, 9.17) is 34.8 Å².